The third kappa shape index (κ3) is 4.60. The predicted molar refractivity (Wildman–Crippen MR) is 107 cm³/mol. The zero-order valence-corrected chi connectivity index (χ0v) is 15.6. The first kappa shape index (κ1) is 18.7. The summed E-state index contributed by atoms with van der Waals surface area (Å²) in [7, 11) is 0. The monoisotopic (exact) mass is 390 g/mol. The summed E-state index contributed by atoms with van der Waals surface area (Å²) in [5.74, 6) is 0.634. The molecule has 0 aliphatic carbocycles. The zero-order chi connectivity index (χ0) is 20.1. The number of nitrogens with one attached hydrogen (secondary N) is 1. The Bertz CT molecular complexity index is 1130. The number of para-hydroxylation sites is 1. The first-order valence-electron chi connectivity index (χ1n) is 9.28. The number of nitrogens with zero attached hydrogens (tertiary/aromatic N) is 1. The van der Waals surface area contributed by atoms with Crippen LogP contribution in [0.1, 0.15) is 21.8 Å². The molecule has 0 radical (unpaired) electrons. The number of fused-ring (bicyclic) bond motifs is 1. The molecule has 1 aromatic heterocycles. The molecule has 0 spiro atoms. The van der Waals surface area contributed by atoms with Crippen molar-refractivity contribution >= 4 is 17.0 Å². The van der Waals surface area contributed by atoms with Crippen LogP contribution in [0.15, 0.2) is 77.2 Å². The second kappa shape index (κ2) is 8.56. The summed E-state index contributed by atoms with van der Waals surface area (Å²) >= 11 is 0. The molecule has 0 aliphatic heterocycles. The van der Waals surface area contributed by atoms with Gasteiger partial charge in [-0.3, -0.25) is 4.79 Å². The molecule has 0 saturated carbocycles. The van der Waals surface area contributed by atoms with Gasteiger partial charge in [-0.2, -0.15) is 0 Å². The summed E-state index contributed by atoms with van der Waals surface area (Å²) in [5.41, 5.74) is 2.09. The van der Waals surface area contributed by atoms with E-state index in [0.29, 0.717) is 41.3 Å². The van der Waals surface area contributed by atoms with Gasteiger partial charge in [-0.1, -0.05) is 36.4 Å². The minimum atomic E-state index is -0.299. The van der Waals surface area contributed by atoms with E-state index in [9.17, 15) is 9.18 Å². The fourth-order valence-electron chi connectivity index (χ4n) is 2.95. The molecule has 5 nitrogen and oxygen atoms in total. The van der Waals surface area contributed by atoms with Gasteiger partial charge in [0.15, 0.2) is 11.5 Å². The van der Waals surface area contributed by atoms with Crippen LogP contribution in [0, 0.1) is 5.82 Å². The zero-order valence-electron chi connectivity index (χ0n) is 15.6. The van der Waals surface area contributed by atoms with Crippen molar-refractivity contribution in [2.45, 2.75) is 6.42 Å². The van der Waals surface area contributed by atoms with E-state index in [4.69, 9.17) is 9.15 Å². The summed E-state index contributed by atoms with van der Waals surface area (Å²) in [4.78, 5) is 16.7. The van der Waals surface area contributed by atoms with Crippen molar-refractivity contribution in [3.63, 3.8) is 0 Å². The Kier molecular flexibility index (Phi) is 5.52. The first-order valence-corrected chi connectivity index (χ1v) is 9.28. The molecule has 0 saturated heterocycles. The maximum absolute atomic E-state index is 13.8. The lowest BCUT2D eigenvalue weighted by Gasteiger charge is -2.07. The number of oxazole rings is 1. The summed E-state index contributed by atoms with van der Waals surface area (Å²) in [6.45, 7) is 0.744. The third-order valence-corrected chi connectivity index (χ3v) is 4.39. The Morgan fingerprint density at radius 2 is 1.83 bits per heavy atom. The molecule has 0 atom stereocenters. The lowest BCUT2D eigenvalue weighted by Crippen LogP contribution is -2.28. The van der Waals surface area contributed by atoms with Crippen molar-refractivity contribution in [3.05, 3.63) is 95.6 Å². The molecule has 0 bridgehead atoms. The molecule has 0 unspecified atom stereocenters. The van der Waals surface area contributed by atoms with Crippen LogP contribution >= 0.6 is 0 Å². The van der Waals surface area contributed by atoms with Gasteiger partial charge in [0, 0.05) is 5.56 Å². The van der Waals surface area contributed by atoms with E-state index < -0.39 is 0 Å². The van der Waals surface area contributed by atoms with Crippen LogP contribution in [0.3, 0.4) is 0 Å². The highest BCUT2D eigenvalue weighted by molar-refractivity contribution is 5.97. The number of carbonyl (C=O) groups excluding carboxylic acids is 1. The standard InChI is InChI=1S/C23H19FN2O3/c24-19-9-5-4-6-16(19)15-22-26-20-11-10-17(14-21(20)29-22)23(27)25-12-13-28-18-7-2-1-3-8-18/h1-11,14H,12-13,15H2,(H,25,27). The van der Waals surface area contributed by atoms with Gasteiger partial charge in [0.1, 0.15) is 23.7 Å². The van der Waals surface area contributed by atoms with Crippen LogP contribution < -0.4 is 10.1 Å². The second-order valence-electron chi connectivity index (χ2n) is 6.48. The number of aromatic nitrogens is 1. The maximum atomic E-state index is 13.8. The molecule has 6 heteroatoms. The number of benzene rings is 3. The Morgan fingerprint density at radius 1 is 1.03 bits per heavy atom. The van der Waals surface area contributed by atoms with E-state index in [1.807, 2.05) is 30.3 Å². The van der Waals surface area contributed by atoms with Crippen molar-refractivity contribution in [1.29, 1.82) is 0 Å². The maximum Gasteiger partial charge on any atom is 0.251 e. The number of hydrogen-bond donors (Lipinski definition) is 1. The van der Waals surface area contributed by atoms with Gasteiger partial charge in [-0.05, 0) is 42.0 Å². The molecule has 3 aromatic carbocycles. The summed E-state index contributed by atoms with van der Waals surface area (Å²) in [6.07, 6.45) is 0.250. The molecule has 4 rings (SSSR count). The van der Waals surface area contributed by atoms with Gasteiger partial charge < -0.3 is 14.5 Å². The molecule has 146 valence electrons. The molecule has 1 heterocycles. The quantitative estimate of drug-likeness (QED) is 0.476. The summed E-state index contributed by atoms with van der Waals surface area (Å²) in [5, 5.41) is 2.81. The van der Waals surface area contributed by atoms with E-state index in [1.165, 1.54) is 6.07 Å². The smallest absolute Gasteiger partial charge is 0.251 e. The average molecular weight is 390 g/mol. The van der Waals surface area contributed by atoms with Crippen molar-refractivity contribution in [2.75, 3.05) is 13.2 Å². The lowest BCUT2D eigenvalue weighted by atomic mass is 10.1. The SMILES string of the molecule is O=C(NCCOc1ccccc1)c1ccc2nc(Cc3ccccc3F)oc2c1. The highest BCUT2D eigenvalue weighted by Gasteiger charge is 2.12. The minimum absolute atomic E-state index is 0.226. The Morgan fingerprint density at radius 3 is 2.66 bits per heavy atom. The number of rotatable bonds is 7. The normalized spacial score (nSPS) is 10.8. The molecule has 4 aromatic rings. The highest BCUT2D eigenvalue weighted by Crippen LogP contribution is 2.20. The summed E-state index contributed by atoms with van der Waals surface area (Å²) in [6, 6.07) is 21.0. The minimum Gasteiger partial charge on any atom is -0.492 e. The van der Waals surface area contributed by atoms with Crippen molar-refractivity contribution in [2.24, 2.45) is 0 Å². The Hall–Kier alpha value is -3.67. The topological polar surface area (TPSA) is 64.4 Å². The largest absolute Gasteiger partial charge is 0.492 e. The van der Waals surface area contributed by atoms with E-state index >= 15 is 0 Å². The van der Waals surface area contributed by atoms with Crippen LogP contribution in [0.5, 0.6) is 5.75 Å². The van der Waals surface area contributed by atoms with E-state index in [1.54, 1.807) is 36.4 Å². The van der Waals surface area contributed by atoms with Crippen LogP contribution in [0.2, 0.25) is 0 Å². The molecule has 0 fully saturated rings. The van der Waals surface area contributed by atoms with Crippen LogP contribution in [0.25, 0.3) is 11.1 Å². The first-order chi connectivity index (χ1) is 14.2. The van der Waals surface area contributed by atoms with Gasteiger partial charge in [-0.15, -0.1) is 0 Å². The molecule has 1 N–H and O–H groups in total. The average Bonchev–Trinajstić information content (AvgIpc) is 3.15. The number of halogens is 1. The number of hydrogen-bond acceptors (Lipinski definition) is 4. The predicted octanol–water partition coefficient (Wildman–Crippen LogP) is 4.37. The van der Waals surface area contributed by atoms with Crippen molar-refractivity contribution in [1.82, 2.24) is 10.3 Å². The molecular weight excluding hydrogens is 371 g/mol. The van der Waals surface area contributed by atoms with Gasteiger partial charge in [0.2, 0.25) is 0 Å². The third-order valence-electron chi connectivity index (χ3n) is 4.39. The molecule has 29 heavy (non-hydrogen) atoms. The van der Waals surface area contributed by atoms with E-state index in [-0.39, 0.29) is 18.1 Å². The van der Waals surface area contributed by atoms with E-state index in [2.05, 4.69) is 10.3 Å². The summed E-state index contributed by atoms with van der Waals surface area (Å²) < 4.78 is 25.1. The van der Waals surface area contributed by atoms with Gasteiger partial charge in [-0.25, -0.2) is 9.37 Å². The van der Waals surface area contributed by atoms with Crippen LogP contribution in [0.4, 0.5) is 4.39 Å². The molecule has 0 aliphatic rings. The van der Waals surface area contributed by atoms with Crippen LogP contribution in [-0.4, -0.2) is 24.0 Å². The lowest BCUT2D eigenvalue weighted by molar-refractivity contribution is 0.0947. The van der Waals surface area contributed by atoms with Crippen LogP contribution in [-0.2, 0) is 6.42 Å². The fourth-order valence-corrected chi connectivity index (χ4v) is 2.95. The van der Waals surface area contributed by atoms with Gasteiger partial charge >= 0.3 is 0 Å². The van der Waals surface area contributed by atoms with Gasteiger partial charge in [0.05, 0.1) is 13.0 Å². The number of amides is 1. The second-order valence-corrected chi connectivity index (χ2v) is 6.48. The number of carbonyl (C=O) groups is 1. The molecule has 1 amide bonds. The Labute approximate surface area is 167 Å². The highest BCUT2D eigenvalue weighted by atomic mass is 19.1. The Balaban J connectivity index is 1.38. The van der Waals surface area contributed by atoms with Crippen molar-refractivity contribution < 1.29 is 18.3 Å². The number of ether oxygens (including phenoxy) is 1. The van der Waals surface area contributed by atoms with Crippen molar-refractivity contribution in [3.8, 4) is 5.75 Å². The van der Waals surface area contributed by atoms with E-state index in [0.717, 1.165) is 5.75 Å². The van der Waals surface area contributed by atoms with Gasteiger partial charge in [0.25, 0.3) is 5.91 Å². The molecular formula is C23H19FN2O3. The fraction of sp³-hybridized carbons (Fsp3) is 0.130.